The molecule has 0 bridgehead atoms. The van der Waals surface area contributed by atoms with Crippen LogP contribution in [0, 0.1) is 6.92 Å². The van der Waals surface area contributed by atoms with Crippen LogP contribution in [0.3, 0.4) is 0 Å². The SMILES string of the molecule is COc1ccc(OC)c(N2CC(c3nc(-c4ccc(C)cc4)no3)CC2=O)c1. The molecule has 28 heavy (non-hydrogen) atoms. The van der Waals surface area contributed by atoms with Crippen LogP contribution in [0.5, 0.6) is 11.5 Å². The van der Waals surface area contributed by atoms with E-state index in [0.29, 0.717) is 41.9 Å². The first-order chi connectivity index (χ1) is 13.6. The van der Waals surface area contributed by atoms with Crippen LogP contribution in [-0.4, -0.2) is 36.8 Å². The summed E-state index contributed by atoms with van der Waals surface area (Å²) in [4.78, 5) is 18.9. The first-order valence-corrected chi connectivity index (χ1v) is 9.02. The number of aromatic nitrogens is 2. The second kappa shape index (κ2) is 7.34. The fourth-order valence-electron chi connectivity index (χ4n) is 3.33. The number of nitrogens with zero attached hydrogens (tertiary/aromatic N) is 3. The maximum atomic E-state index is 12.7. The van der Waals surface area contributed by atoms with E-state index in [-0.39, 0.29) is 11.8 Å². The Morgan fingerprint density at radius 3 is 2.61 bits per heavy atom. The van der Waals surface area contributed by atoms with Gasteiger partial charge in [0.15, 0.2) is 0 Å². The van der Waals surface area contributed by atoms with Gasteiger partial charge in [-0.15, -0.1) is 0 Å². The zero-order valence-electron chi connectivity index (χ0n) is 16.0. The molecule has 1 aromatic heterocycles. The van der Waals surface area contributed by atoms with Crippen molar-refractivity contribution in [2.75, 3.05) is 25.7 Å². The third kappa shape index (κ3) is 3.31. The van der Waals surface area contributed by atoms with Gasteiger partial charge >= 0.3 is 0 Å². The highest BCUT2D eigenvalue weighted by Crippen LogP contribution is 2.38. The average molecular weight is 379 g/mol. The summed E-state index contributed by atoms with van der Waals surface area (Å²) in [5.41, 5.74) is 2.72. The van der Waals surface area contributed by atoms with Gasteiger partial charge in [-0.25, -0.2) is 0 Å². The molecular formula is C21H21N3O4. The van der Waals surface area contributed by atoms with Gasteiger partial charge in [0.05, 0.1) is 25.8 Å². The van der Waals surface area contributed by atoms with Gasteiger partial charge in [-0.05, 0) is 19.1 Å². The van der Waals surface area contributed by atoms with Crippen LogP contribution < -0.4 is 14.4 Å². The van der Waals surface area contributed by atoms with Crippen molar-refractivity contribution in [2.45, 2.75) is 19.3 Å². The predicted molar refractivity (Wildman–Crippen MR) is 104 cm³/mol. The van der Waals surface area contributed by atoms with Crippen molar-refractivity contribution in [2.24, 2.45) is 0 Å². The summed E-state index contributed by atoms with van der Waals surface area (Å²) in [5, 5.41) is 4.08. The molecule has 1 aliphatic rings. The van der Waals surface area contributed by atoms with E-state index < -0.39 is 0 Å². The lowest BCUT2D eigenvalue weighted by molar-refractivity contribution is -0.117. The molecule has 1 atom stereocenters. The highest BCUT2D eigenvalue weighted by molar-refractivity contribution is 5.98. The van der Waals surface area contributed by atoms with Gasteiger partial charge in [-0.1, -0.05) is 35.0 Å². The number of benzene rings is 2. The van der Waals surface area contributed by atoms with Gasteiger partial charge in [0.2, 0.25) is 17.6 Å². The van der Waals surface area contributed by atoms with Gasteiger partial charge < -0.3 is 18.9 Å². The molecule has 4 rings (SSSR count). The van der Waals surface area contributed by atoms with Crippen molar-refractivity contribution in [3.8, 4) is 22.9 Å². The Balaban J connectivity index is 1.58. The molecule has 2 heterocycles. The second-order valence-corrected chi connectivity index (χ2v) is 6.77. The molecule has 1 saturated heterocycles. The first-order valence-electron chi connectivity index (χ1n) is 9.02. The Hall–Kier alpha value is -3.35. The molecule has 7 nitrogen and oxygen atoms in total. The fraction of sp³-hybridized carbons (Fsp3) is 0.286. The van der Waals surface area contributed by atoms with Crippen LogP contribution >= 0.6 is 0 Å². The highest BCUT2D eigenvalue weighted by atomic mass is 16.5. The van der Waals surface area contributed by atoms with E-state index in [9.17, 15) is 4.79 Å². The Morgan fingerprint density at radius 1 is 1.11 bits per heavy atom. The molecule has 1 fully saturated rings. The van der Waals surface area contributed by atoms with Crippen molar-refractivity contribution in [3.63, 3.8) is 0 Å². The normalized spacial score (nSPS) is 16.5. The van der Waals surface area contributed by atoms with E-state index in [1.165, 1.54) is 0 Å². The summed E-state index contributed by atoms with van der Waals surface area (Å²) in [5.74, 6) is 2.07. The Bertz CT molecular complexity index is 997. The zero-order chi connectivity index (χ0) is 19.7. The number of ether oxygens (including phenoxy) is 2. The molecule has 7 heteroatoms. The van der Waals surface area contributed by atoms with E-state index in [4.69, 9.17) is 14.0 Å². The fourth-order valence-corrected chi connectivity index (χ4v) is 3.33. The largest absolute Gasteiger partial charge is 0.497 e. The lowest BCUT2D eigenvalue weighted by Gasteiger charge is -2.20. The number of rotatable bonds is 5. The number of methoxy groups -OCH3 is 2. The molecule has 2 aromatic carbocycles. The number of aryl methyl sites for hydroxylation is 1. The van der Waals surface area contributed by atoms with Gasteiger partial charge in [-0.3, -0.25) is 4.79 Å². The number of hydrogen-bond donors (Lipinski definition) is 0. The minimum atomic E-state index is -0.171. The summed E-state index contributed by atoms with van der Waals surface area (Å²) in [6.07, 6.45) is 0.301. The summed E-state index contributed by atoms with van der Waals surface area (Å²) < 4.78 is 16.2. The number of hydrogen-bond acceptors (Lipinski definition) is 6. The number of amides is 1. The standard InChI is InChI=1S/C21H21N3O4/c1-13-4-6-14(7-5-13)20-22-21(28-23-20)15-10-19(25)24(12-15)17-11-16(26-2)8-9-18(17)27-3/h4-9,11,15H,10,12H2,1-3H3. The lowest BCUT2D eigenvalue weighted by atomic mass is 10.1. The molecule has 1 aliphatic heterocycles. The third-order valence-electron chi connectivity index (χ3n) is 4.90. The molecule has 0 radical (unpaired) electrons. The van der Waals surface area contributed by atoms with E-state index in [1.54, 1.807) is 37.3 Å². The molecule has 0 spiro atoms. The molecule has 1 amide bonds. The Kier molecular flexibility index (Phi) is 4.73. The number of carbonyl (C=O) groups excluding carboxylic acids is 1. The Morgan fingerprint density at radius 2 is 1.89 bits per heavy atom. The molecule has 0 saturated carbocycles. The molecule has 0 aliphatic carbocycles. The van der Waals surface area contributed by atoms with Crippen molar-refractivity contribution in [3.05, 3.63) is 53.9 Å². The predicted octanol–water partition coefficient (Wildman–Crippen LogP) is 3.58. The van der Waals surface area contributed by atoms with Crippen LogP contribution in [0.2, 0.25) is 0 Å². The van der Waals surface area contributed by atoms with Gasteiger partial charge in [0.1, 0.15) is 11.5 Å². The second-order valence-electron chi connectivity index (χ2n) is 6.77. The quantitative estimate of drug-likeness (QED) is 0.674. The van der Waals surface area contributed by atoms with Crippen molar-refractivity contribution < 1.29 is 18.8 Å². The van der Waals surface area contributed by atoms with E-state index in [1.807, 2.05) is 31.2 Å². The van der Waals surface area contributed by atoms with Crippen LogP contribution in [0.25, 0.3) is 11.4 Å². The number of anilines is 1. The third-order valence-corrected chi connectivity index (χ3v) is 4.90. The number of carbonyl (C=O) groups is 1. The summed E-state index contributed by atoms with van der Waals surface area (Å²) in [7, 11) is 3.17. The van der Waals surface area contributed by atoms with Crippen LogP contribution in [0.4, 0.5) is 5.69 Å². The van der Waals surface area contributed by atoms with E-state index in [0.717, 1.165) is 11.1 Å². The van der Waals surface area contributed by atoms with Crippen LogP contribution in [0.15, 0.2) is 47.0 Å². The molecule has 3 aromatic rings. The van der Waals surface area contributed by atoms with Gasteiger partial charge in [0.25, 0.3) is 0 Å². The summed E-state index contributed by atoms with van der Waals surface area (Å²) in [6.45, 7) is 2.47. The maximum Gasteiger partial charge on any atom is 0.232 e. The summed E-state index contributed by atoms with van der Waals surface area (Å²) >= 11 is 0. The van der Waals surface area contributed by atoms with Crippen molar-refractivity contribution in [1.82, 2.24) is 10.1 Å². The topological polar surface area (TPSA) is 77.7 Å². The van der Waals surface area contributed by atoms with Gasteiger partial charge in [0, 0.05) is 24.6 Å². The first kappa shape index (κ1) is 18.0. The van der Waals surface area contributed by atoms with Gasteiger partial charge in [-0.2, -0.15) is 4.98 Å². The van der Waals surface area contributed by atoms with Crippen LogP contribution in [0.1, 0.15) is 23.8 Å². The van der Waals surface area contributed by atoms with E-state index in [2.05, 4.69) is 10.1 Å². The molecule has 1 unspecified atom stereocenters. The van der Waals surface area contributed by atoms with E-state index >= 15 is 0 Å². The van der Waals surface area contributed by atoms with Crippen LogP contribution in [-0.2, 0) is 4.79 Å². The molecular weight excluding hydrogens is 358 g/mol. The van der Waals surface area contributed by atoms with Crippen molar-refractivity contribution >= 4 is 11.6 Å². The zero-order valence-corrected chi connectivity index (χ0v) is 16.0. The highest BCUT2D eigenvalue weighted by Gasteiger charge is 2.36. The van der Waals surface area contributed by atoms with Crippen molar-refractivity contribution in [1.29, 1.82) is 0 Å². The Labute approximate surface area is 162 Å². The maximum absolute atomic E-state index is 12.7. The molecule has 0 N–H and O–H groups in total. The minimum absolute atomic E-state index is 0.0216. The lowest BCUT2D eigenvalue weighted by Crippen LogP contribution is -2.24. The monoisotopic (exact) mass is 379 g/mol. The smallest absolute Gasteiger partial charge is 0.232 e. The molecule has 144 valence electrons. The minimum Gasteiger partial charge on any atom is -0.497 e. The summed E-state index contributed by atoms with van der Waals surface area (Å²) in [6, 6.07) is 13.3. The average Bonchev–Trinajstić information content (AvgIpc) is 3.35.